The Kier molecular flexibility index (Phi) is 5.74. The molecule has 0 spiro atoms. The third kappa shape index (κ3) is 4.53. The number of piperidine rings is 1. The summed E-state index contributed by atoms with van der Waals surface area (Å²) in [6.07, 6.45) is 3.33. The van der Waals surface area contributed by atoms with Crippen LogP contribution in [0.5, 0.6) is 0 Å². The number of nitrogens with zero attached hydrogens (tertiary/aromatic N) is 1. The van der Waals surface area contributed by atoms with Crippen LogP contribution in [0.3, 0.4) is 0 Å². The molecular weight excluding hydrogens is 267 g/mol. The fourth-order valence-corrected chi connectivity index (χ4v) is 3.22. The number of hydrogen-bond acceptors (Lipinski definition) is 2. The zero-order chi connectivity index (χ0) is 15.2. The van der Waals surface area contributed by atoms with Crippen molar-refractivity contribution >= 4 is 5.91 Å². The molecule has 1 aliphatic heterocycles. The first-order chi connectivity index (χ1) is 10.1. The third-order valence-corrected chi connectivity index (χ3v) is 4.27. The lowest BCUT2D eigenvalue weighted by atomic mass is 9.93. The number of rotatable bonds is 5. The van der Waals surface area contributed by atoms with Gasteiger partial charge in [-0.3, -0.25) is 9.69 Å². The molecule has 1 aromatic rings. The van der Waals surface area contributed by atoms with E-state index in [1.807, 2.05) is 12.1 Å². The number of nitrogens with one attached hydrogen (secondary N) is 1. The van der Waals surface area contributed by atoms with Crippen LogP contribution in [-0.2, 0) is 4.79 Å². The van der Waals surface area contributed by atoms with Crippen LogP contribution in [0, 0.1) is 11.7 Å². The molecule has 3 nitrogen and oxygen atoms in total. The van der Waals surface area contributed by atoms with Gasteiger partial charge >= 0.3 is 0 Å². The summed E-state index contributed by atoms with van der Waals surface area (Å²) in [6, 6.07) is 7.20. The van der Waals surface area contributed by atoms with Crippen LogP contribution in [0.25, 0.3) is 0 Å². The monoisotopic (exact) mass is 292 g/mol. The maximum absolute atomic E-state index is 13.1. The van der Waals surface area contributed by atoms with Crippen LogP contribution >= 0.6 is 0 Å². The van der Waals surface area contributed by atoms with Crippen molar-refractivity contribution in [1.29, 1.82) is 0 Å². The number of amides is 1. The molecule has 0 saturated carbocycles. The van der Waals surface area contributed by atoms with Crippen molar-refractivity contribution in [3.8, 4) is 0 Å². The highest BCUT2D eigenvalue weighted by atomic mass is 19.1. The van der Waals surface area contributed by atoms with Crippen molar-refractivity contribution in [2.75, 3.05) is 19.6 Å². The normalized spacial score (nSPS) is 21.0. The van der Waals surface area contributed by atoms with Gasteiger partial charge in [0.2, 0.25) is 5.91 Å². The summed E-state index contributed by atoms with van der Waals surface area (Å²) in [5, 5.41) is 2.92. The first-order valence-corrected chi connectivity index (χ1v) is 7.84. The van der Waals surface area contributed by atoms with E-state index < -0.39 is 0 Å². The lowest BCUT2D eigenvalue weighted by molar-refractivity contribution is -0.119. The van der Waals surface area contributed by atoms with Gasteiger partial charge in [-0.25, -0.2) is 4.39 Å². The van der Waals surface area contributed by atoms with E-state index in [0.717, 1.165) is 38.9 Å². The maximum atomic E-state index is 13.1. The average Bonchev–Trinajstić information content (AvgIpc) is 2.48. The van der Waals surface area contributed by atoms with Gasteiger partial charge in [-0.05, 0) is 49.4 Å². The molecule has 21 heavy (non-hydrogen) atoms. The second-order valence-corrected chi connectivity index (χ2v) is 5.92. The SMILES string of the molecule is CCC(c1ccc(F)cc1)N1CCCC(CNC(C)=O)C1. The highest BCUT2D eigenvalue weighted by Crippen LogP contribution is 2.29. The molecule has 0 bridgehead atoms. The number of carbonyl (C=O) groups excluding carboxylic acids is 1. The fraction of sp³-hybridized carbons (Fsp3) is 0.588. The molecule has 2 atom stereocenters. The highest BCUT2D eigenvalue weighted by molar-refractivity contribution is 5.72. The molecule has 0 aliphatic carbocycles. The Balaban J connectivity index is 2.00. The second kappa shape index (κ2) is 7.55. The smallest absolute Gasteiger partial charge is 0.216 e. The fourth-order valence-electron chi connectivity index (χ4n) is 3.22. The molecule has 1 N–H and O–H groups in total. The van der Waals surface area contributed by atoms with E-state index in [1.165, 1.54) is 17.7 Å². The molecule has 1 fully saturated rings. The van der Waals surface area contributed by atoms with Gasteiger partial charge < -0.3 is 5.32 Å². The van der Waals surface area contributed by atoms with E-state index in [0.29, 0.717) is 12.0 Å². The van der Waals surface area contributed by atoms with E-state index in [1.54, 1.807) is 6.92 Å². The van der Waals surface area contributed by atoms with Crippen molar-refractivity contribution in [2.45, 2.75) is 39.2 Å². The van der Waals surface area contributed by atoms with Crippen LogP contribution in [-0.4, -0.2) is 30.4 Å². The molecule has 4 heteroatoms. The number of carbonyl (C=O) groups is 1. The summed E-state index contributed by atoms with van der Waals surface area (Å²) in [5.41, 5.74) is 1.18. The van der Waals surface area contributed by atoms with Gasteiger partial charge in [0.15, 0.2) is 0 Å². The molecule has 0 radical (unpaired) electrons. The predicted molar refractivity (Wildman–Crippen MR) is 82.4 cm³/mol. The van der Waals surface area contributed by atoms with Crippen LogP contribution in [0.4, 0.5) is 4.39 Å². The minimum atomic E-state index is -0.184. The topological polar surface area (TPSA) is 32.3 Å². The van der Waals surface area contributed by atoms with E-state index in [9.17, 15) is 9.18 Å². The lowest BCUT2D eigenvalue weighted by Crippen LogP contribution is -2.42. The van der Waals surface area contributed by atoms with Gasteiger partial charge in [-0.2, -0.15) is 0 Å². The molecule has 1 saturated heterocycles. The molecular formula is C17H25FN2O. The Hall–Kier alpha value is -1.42. The van der Waals surface area contributed by atoms with Crippen LogP contribution < -0.4 is 5.32 Å². The summed E-state index contributed by atoms with van der Waals surface area (Å²) in [6.45, 7) is 6.56. The van der Waals surface area contributed by atoms with Gasteiger partial charge in [0.1, 0.15) is 5.82 Å². The van der Waals surface area contributed by atoms with Crippen molar-refractivity contribution in [3.63, 3.8) is 0 Å². The number of halogens is 1. The van der Waals surface area contributed by atoms with Crippen molar-refractivity contribution in [2.24, 2.45) is 5.92 Å². The molecule has 1 aliphatic rings. The number of likely N-dealkylation sites (tertiary alicyclic amines) is 1. The lowest BCUT2D eigenvalue weighted by Gasteiger charge is -2.38. The highest BCUT2D eigenvalue weighted by Gasteiger charge is 2.25. The summed E-state index contributed by atoms with van der Waals surface area (Å²) in [7, 11) is 0. The van der Waals surface area contributed by atoms with Gasteiger partial charge in [0, 0.05) is 26.1 Å². The minimum absolute atomic E-state index is 0.0395. The van der Waals surface area contributed by atoms with Crippen LogP contribution in [0.2, 0.25) is 0 Å². The van der Waals surface area contributed by atoms with Crippen molar-refractivity contribution < 1.29 is 9.18 Å². The number of hydrogen-bond donors (Lipinski definition) is 1. The quantitative estimate of drug-likeness (QED) is 0.904. The predicted octanol–water partition coefficient (Wildman–Crippen LogP) is 3.12. The van der Waals surface area contributed by atoms with Crippen LogP contribution in [0.15, 0.2) is 24.3 Å². The summed E-state index contributed by atoms with van der Waals surface area (Å²) in [5.74, 6) is 0.366. The second-order valence-electron chi connectivity index (χ2n) is 5.92. The molecule has 2 unspecified atom stereocenters. The zero-order valence-electron chi connectivity index (χ0n) is 12.9. The van der Waals surface area contributed by atoms with E-state index in [4.69, 9.17) is 0 Å². The number of benzene rings is 1. The van der Waals surface area contributed by atoms with Gasteiger partial charge in [-0.15, -0.1) is 0 Å². The third-order valence-electron chi connectivity index (χ3n) is 4.27. The summed E-state index contributed by atoms with van der Waals surface area (Å²) >= 11 is 0. The van der Waals surface area contributed by atoms with E-state index >= 15 is 0 Å². The first-order valence-electron chi connectivity index (χ1n) is 7.84. The van der Waals surface area contributed by atoms with Crippen molar-refractivity contribution in [1.82, 2.24) is 10.2 Å². The molecule has 1 amide bonds. The van der Waals surface area contributed by atoms with Crippen molar-refractivity contribution in [3.05, 3.63) is 35.6 Å². The Bertz CT molecular complexity index is 460. The Morgan fingerprint density at radius 3 is 2.76 bits per heavy atom. The Morgan fingerprint density at radius 2 is 2.14 bits per heavy atom. The molecule has 116 valence electrons. The minimum Gasteiger partial charge on any atom is -0.356 e. The van der Waals surface area contributed by atoms with Gasteiger partial charge in [0.05, 0.1) is 0 Å². The Labute approximate surface area is 126 Å². The largest absolute Gasteiger partial charge is 0.356 e. The maximum Gasteiger partial charge on any atom is 0.216 e. The van der Waals surface area contributed by atoms with Crippen LogP contribution in [0.1, 0.15) is 44.7 Å². The molecule has 1 aromatic carbocycles. The zero-order valence-corrected chi connectivity index (χ0v) is 12.9. The molecule has 0 aromatic heterocycles. The standard InChI is InChI=1S/C17H25FN2O/c1-3-17(15-6-8-16(18)9-7-15)20-10-4-5-14(12-20)11-19-13(2)21/h6-9,14,17H,3-5,10-12H2,1-2H3,(H,19,21). The van der Waals surface area contributed by atoms with Gasteiger partial charge in [-0.1, -0.05) is 19.1 Å². The summed E-state index contributed by atoms with van der Waals surface area (Å²) in [4.78, 5) is 13.5. The molecule has 1 heterocycles. The van der Waals surface area contributed by atoms with E-state index in [2.05, 4.69) is 17.1 Å². The average molecular weight is 292 g/mol. The van der Waals surface area contributed by atoms with E-state index in [-0.39, 0.29) is 11.7 Å². The summed E-state index contributed by atoms with van der Waals surface area (Å²) < 4.78 is 13.1. The Morgan fingerprint density at radius 1 is 1.43 bits per heavy atom. The molecule has 2 rings (SSSR count). The first kappa shape index (κ1) is 16.0. The van der Waals surface area contributed by atoms with Gasteiger partial charge in [0.25, 0.3) is 0 Å².